The molecule has 0 radical (unpaired) electrons. The number of pyridine rings is 1. The molecule has 0 aliphatic heterocycles. The Kier molecular flexibility index (Phi) is 2.09. The molecule has 0 aliphatic rings. The Balaban J connectivity index is 3.23. The van der Waals surface area contributed by atoms with Gasteiger partial charge in [-0.3, -0.25) is 4.79 Å². The molecular formula is C6H5BrN2O2. The lowest BCUT2D eigenvalue weighted by Crippen LogP contribution is -2.11. The van der Waals surface area contributed by atoms with Gasteiger partial charge in [-0.15, -0.1) is 0 Å². The lowest BCUT2D eigenvalue weighted by Gasteiger charge is -1.97. The first-order chi connectivity index (χ1) is 5.11. The van der Waals surface area contributed by atoms with Gasteiger partial charge in [-0.05, 0) is 22.0 Å². The van der Waals surface area contributed by atoms with Gasteiger partial charge in [0, 0.05) is 0 Å². The van der Waals surface area contributed by atoms with Crippen LogP contribution >= 0.6 is 15.9 Å². The van der Waals surface area contributed by atoms with Gasteiger partial charge in [-0.1, -0.05) is 0 Å². The molecule has 58 valence electrons. The predicted octanol–water partition coefficient (Wildman–Crippen LogP) is 0.649. The number of nitrogens with two attached hydrogens (primary N) is 1. The molecule has 0 saturated carbocycles. The summed E-state index contributed by atoms with van der Waals surface area (Å²) in [7, 11) is 0. The Morgan fingerprint density at radius 1 is 1.73 bits per heavy atom. The van der Waals surface area contributed by atoms with Crippen molar-refractivity contribution < 1.29 is 9.90 Å². The SMILES string of the molecule is NC(=O)c1cc(O)cnc1Br. The maximum atomic E-state index is 10.6. The van der Waals surface area contributed by atoms with Crippen molar-refractivity contribution in [2.45, 2.75) is 0 Å². The first-order valence-electron chi connectivity index (χ1n) is 2.75. The minimum Gasteiger partial charge on any atom is -0.506 e. The summed E-state index contributed by atoms with van der Waals surface area (Å²) >= 11 is 3.01. The predicted molar refractivity (Wildman–Crippen MR) is 42.1 cm³/mol. The second kappa shape index (κ2) is 2.87. The van der Waals surface area contributed by atoms with Crippen LogP contribution in [-0.2, 0) is 0 Å². The summed E-state index contributed by atoms with van der Waals surface area (Å²) in [5.74, 6) is -0.706. The Morgan fingerprint density at radius 3 is 2.82 bits per heavy atom. The van der Waals surface area contributed by atoms with Gasteiger partial charge in [0.15, 0.2) is 0 Å². The number of carbonyl (C=O) groups is 1. The topological polar surface area (TPSA) is 76.2 Å². The van der Waals surface area contributed by atoms with Gasteiger partial charge in [0.05, 0.1) is 11.8 Å². The number of hydrogen-bond donors (Lipinski definition) is 2. The molecule has 0 aromatic carbocycles. The van der Waals surface area contributed by atoms with Crippen LogP contribution in [0.25, 0.3) is 0 Å². The van der Waals surface area contributed by atoms with Crippen molar-refractivity contribution in [1.29, 1.82) is 0 Å². The normalized spacial score (nSPS) is 9.55. The maximum absolute atomic E-state index is 10.6. The first kappa shape index (κ1) is 8.00. The third-order valence-electron chi connectivity index (χ3n) is 1.09. The molecule has 0 bridgehead atoms. The van der Waals surface area contributed by atoms with Crippen LogP contribution in [0.1, 0.15) is 10.4 Å². The van der Waals surface area contributed by atoms with E-state index in [1.165, 1.54) is 12.3 Å². The van der Waals surface area contributed by atoms with Crippen molar-refractivity contribution in [2.75, 3.05) is 0 Å². The fraction of sp³-hybridized carbons (Fsp3) is 0. The van der Waals surface area contributed by atoms with Crippen molar-refractivity contribution >= 4 is 21.8 Å². The van der Waals surface area contributed by atoms with Crippen LogP contribution < -0.4 is 5.73 Å². The molecular weight excluding hydrogens is 212 g/mol. The number of carbonyl (C=O) groups excluding carboxylic acids is 1. The van der Waals surface area contributed by atoms with E-state index in [1.54, 1.807) is 0 Å². The molecule has 11 heavy (non-hydrogen) atoms. The monoisotopic (exact) mass is 216 g/mol. The zero-order valence-corrected chi connectivity index (χ0v) is 7.00. The fourth-order valence-corrected chi connectivity index (χ4v) is 1.02. The molecule has 3 N–H and O–H groups in total. The summed E-state index contributed by atoms with van der Waals surface area (Å²) < 4.78 is 0.336. The zero-order valence-electron chi connectivity index (χ0n) is 5.41. The highest BCUT2D eigenvalue weighted by Crippen LogP contribution is 2.17. The Morgan fingerprint density at radius 2 is 2.36 bits per heavy atom. The second-order valence-corrected chi connectivity index (χ2v) is 2.65. The average molecular weight is 217 g/mol. The number of nitrogens with zero attached hydrogens (tertiary/aromatic N) is 1. The number of rotatable bonds is 1. The maximum Gasteiger partial charge on any atom is 0.251 e. The molecule has 0 spiro atoms. The standard InChI is InChI=1S/C6H5BrN2O2/c7-5-4(6(8)11)1-3(10)2-9-5/h1-2,10H,(H2,8,11). The Labute approximate surface area is 71.2 Å². The molecule has 1 rings (SSSR count). The highest BCUT2D eigenvalue weighted by Gasteiger charge is 2.07. The molecule has 0 fully saturated rings. The van der Waals surface area contributed by atoms with Crippen LogP contribution in [0.2, 0.25) is 0 Å². The van der Waals surface area contributed by atoms with Gasteiger partial charge in [-0.25, -0.2) is 4.98 Å². The molecule has 1 aromatic heterocycles. The Hall–Kier alpha value is -1.10. The molecule has 1 heterocycles. The molecule has 4 nitrogen and oxygen atoms in total. The van der Waals surface area contributed by atoms with Crippen LogP contribution in [0, 0.1) is 0 Å². The van der Waals surface area contributed by atoms with Crippen LogP contribution in [0.15, 0.2) is 16.9 Å². The van der Waals surface area contributed by atoms with E-state index in [2.05, 4.69) is 20.9 Å². The first-order valence-corrected chi connectivity index (χ1v) is 3.55. The van der Waals surface area contributed by atoms with Crippen molar-refractivity contribution in [3.05, 3.63) is 22.4 Å². The largest absolute Gasteiger partial charge is 0.506 e. The molecule has 0 unspecified atom stereocenters. The minimum atomic E-state index is -0.625. The number of amides is 1. The number of hydrogen-bond acceptors (Lipinski definition) is 3. The summed E-state index contributed by atoms with van der Waals surface area (Å²) in [5, 5.41) is 8.90. The van der Waals surface area contributed by atoms with Gasteiger partial charge in [0.25, 0.3) is 5.91 Å². The summed E-state index contributed by atoms with van der Waals surface area (Å²) in [5.41, 5.74) is 5.13. The van der Waals surface area contributed by atoms with Gasteiger partial charge < -0.3 is 10.8 Å². The van der Waals surface area contributed by atoms with Crippen LogP contribution in [0.4, 0.5) is 0 Å². The smallest absolute Gasteiger partial charge is 0.251 e. The van der Waals surface area contributed by atoms with Crippen molar-refractivity contribution in [3.63, 3.8) is 0 Å². The number of aromatic nitrogens is 1. The summed E-state index contributed by atoms with van der Waals surface area (Å²) in [6, 6.07) is 1.25. The van der Waals surface area contributed by atoms with Gasteiger partial charge in [-0.2, -0.15) is 0 Å². The van der Waals surface area contributed by atoms with Gasteiger partial charge in [0.1, 0.15) is 10.4 Å². The average Bonchev–Trinajstić information content (AvgIpc) is 1.94. The van der Waals surface area contributed by atoms with Crippen LogP contribution in [0.3, 0.4) is 0 Å². The van der Waals surface area contributed by atoms with Crippen molar-refractivity contribution in [1.82, 2.24) is 4.98 Å². The van der Waals surface area contributed by atoms with Gasteiger partial charge in [0.2, 0.25) is 0 Å². The fourth-order valence-electron chi connectivity index (χ4n) is 0.610. The van der Waals surface area contributed by atoms with Gasteiger partial charge >= 0.3 is 0 Å². The molecule has 0 saturated heterocycles. The second-order valence-electron chi connectivity index (χ2n) is 1.90. The number of halogens is 1. The minimum absolute atomic E-state index is 0.0815. The van der Waals surface area contributed by atoms with E-state index >= 15 is 0 Å². The molecule has 0 atom stereocenters. The van der Waals surface area contributed by atoms with Crippen LogP contribution in [-0.4, -0.2) is 16.0 Å². The number of primary amides is 1. The Bertz CT molecular complexity index is 301. The van der Waals surface area contributed by atoms with E-state index in [0.717, 1.165) is 0 Å². The van der Waals surface area contributed by atoms with E-state index < -0.39 is 5.91 Å². The summed E-state index contributed by atoms with van der Waals surface area (Å²) in [6.45, 7) is 0. The molecule has 5 heteroatoms. The molecule has 1 aromatic rings. The molecule has 1 amide bonds. The summed E-state index contributed by atoms with van der Waals surface area (Å²) in [4.78, 5) is 14.3. The zero-order chi connectivity index (χ0) is 8.43. The quantitative estimate of drug-likeness (QED) is 0.678. The third kappa shape index (κ3) is 1.68. The van der Waals surface area contributed by atoms with E-state index in [9.17, 15) is 4.79 Å². The highest BCUT2D eigenvalue weighted by atomic mass is 79.9. The lowest BCUT2D eigenvalue weighted by molar-refractivity contribution is 0.0998. The van der Waals surface area contributed by atoms with E-state index in [-0.39, 0.29) is 11.3 Å². The molecule has 0 aliphatic carbocycles. The van der Waals surface area contributed by atoms with Crippen molar-refractivity contribution in [2.24, 2.45) is 5.73 Å². The highest BCUT2D eigenvalue weighted by molar-refractivity contribution is 9.10. The lowest BCUT2D eigenvalue weighted by atomic mass is 10.3. The van der Waals surface area contributed by atoms with Crippen LogP contribution in [0.5, 0.6) is 5.75 Å². The van der Waals surface area contributed by atoms with E-state index in [1.807, 2.05) is 0 Å². The van der Waals surface area contributed by atoms with E-state index in [4.69, 9.17) is 10.8 Å². The third-order valence-corrected chi connectivity index (χ3v) is 1.72. The summed E-state index contributed by atoms with van der Waals surface area (Å²) in [6.07, 6.45) is 1.22. The van der Waals surface area contributed by atoms with E-state index in [0.29, 0.717) is 4.60 Å². The van der Waals surface area contributed by atoms with Crippen molar-refractivity contribution in [3.8, 4) is 5.75 Å². The number of aromatic hydroxyl groups is 1.